The zero-order valence-electron chi connectivity index (χ0n) is 17.4. The number of halogens is 1. The fourth-order valence-electron chi connectivity index (χ4n) is 3.25. The van der Waals surface area contributed by atoms with Crippen molar-refractivity contribution in [2.75, 3.05) is 26.3 Å². The first-order valence-electron chi connectivity index (χ1n) is 10.5. The van der Waals surface area contributed by atoms with E-state index in [9.17, 15) is 14.0 Å². The summed E-state index contributed by atoms with van der Waals surface area (Å²) in [5, 5.41) is 0. The van der Waals surface area contributed by atoms with Gasteiger partial charge in [0.05, 0.1) is 19.4 Å². The number of nitrogens with zero attached hydrogens (tertiary/aromatic N) is 2. The smallest absolute Gasteiger partial charge is 0.242 e. The van der Waals surface area contributed by atoms with Gasteiger partial charge in [0.1, 0.15) is 11.6 Å². The van der Waals surface area contributed by atoms with Crippen molar-refractivity contribution >= 4 is 11.8 Å². The molecule has 0 unspecified atom stereocenters. The molecule has 0 bridgehead atoms. The predicted molar refractivity (Wildman–Crippen MR) is 110 cm³/mol. The molecule has 7 heteroatoms. The molecule has 3 rings (SSSR count). The minimum absolute atomic E-state index is 0.0172. The van der Waals surface area contributed by atoms with Gasteiger partial charge in [-0.15, -0.1) is 0 Å². The van der Waals surface area contributed by atoms with Gasteiger partial charge in [0, 0.05) is 32.2 Å². The Morgan fingerprint density at radius 1 is 1.13 bits per heavy atom. The summed E-state index contributed by atoms with van der Waals surface area (Å²) in [7, 11) is 0. The van der Waals surface area contributed by atoms with Crippen LogP contribution in [0.3, 0.4) is 0 Å². The molecule has 0 N–H and O–H groups in total. The van der Waals surface area contributed by atoms with E-state index in [1.807, 2.05) is 6.92 Å². The second-order valence-electron chi connectivity index (χ2n) is 7.54. The molecule has 6 nitrogen and oxygen atoms in total. The van der Waals surface area contributed by atoms with Crippen LogP contribution in [0.5, 0.6) is 0 Å². The second-order valence-corrected chi connectivity index (χ2v) is 7.54. The monoisotopic (exact) mass is 416 g/mol. The van der Waals surface area contributed by atoms with Crippen molar-refractivity contribution in [3.63, 3.8) is 0 Å². The summed E-state index contributed by atoms with van der Waals surface area (Å²) >= 11 is 0. The lowest BCUT2D eigenvalue weighted by atomic mass is 10.2. The van der Waals surface area contributed by atoms with Crippen LogP contribution in [0.2, 0.25) is 0 Å². The maximum atomic E-state index is 13.3. The molecule has 162 valence electrons. The summed E-state index contributed by atoms with van der Waals surface area (Å²) in [4.78, 5) is 29.2. The Kier molecular flexibility index (Phi) is 8.02. The number of hydrogen-bond donors (Lipinski definition) is 0. The van der Waals surface area contributed by atoms with E-state index >= 15 is 0 Å². The van der Waals surface area contributed by atoms with Gasteiger partial charge in [0.25, 0.3) is 0 Å². The Hall–Kier alpha value is -2.67. The van der Waals surface area contributed by atoms with Crippen molar-refractivity contribution in [3.8, 4) is 0 Å². The first-order chi connectivity index (χ1) is 14.6. The Balaban J connectivity index is 1.68. The second kappa shape index (κ2) is 10.9. The van der Waals surface area contributed by atoms with E-state index in [1.165, 1.54) is 12.1 Å². The van der Waals surface area contributed by atoms with Gasteiger partial charge in [-0.05, 0) is 56.0 Å². The van der Waals surface area contributed by atoms with Gasteiger partial charge in [-0.1, -0.05) is 12.1 Å². The van der Waals surface area contributed by atoms with Crippen molar-refractivity contribution in [2.24, 2.45) is 5.92 Å². The van der Waals surface area contributed by atoms with Gasteiger partial charge in [0.15, 0.2) is 0 Å². The van der Waals surface area contributed by atoms with Crippen LogP contribution in [0.4, 0.5) is 4.39 Å². The maximum Gasteiger partial charge on any atom is 0.242 e. The van der Waals surface area contributed by atoms with Crippen LogP contribution in [0.25, 0.3) is 0 Å². The quantitative estimate of drug-likeness (QED) is 0.496. The molecule has 0 aliphatic heterocycles. The molecule has 0 atom stereocenters. The first-order valence-corrected chi connectivity index (χ1v) is 10.5. The molecule has 1 aromatic carbocycles. The van der Waals surface area contributed by atoms with E-state index in [1.54, 1.807) is 40.3 Å². The lowest BCUT2D eigenvalue weighted by Crippen LogP contribution is -2.43. The Bertz CT molecular complexity index is 803. The SMILES string of the molecule is CCOCCCN(CC(=O)N(Cc1ccc(F)cc1)Cc1ccco1)C(=O)C1CC1. The van der Waals surface area contributed by atoms with E-state index in [4.69, 9.17) is 9.15 Å². The van der Waals surface area contributed by atoms with Gasteiger partial charge in [-0.3, -0.25) is 9.59 Å². The normalized spacial score (nSPS) is 13.3. The Labute approximate surface area is 176 Å². The standard InChI is InChI=1S/C23H29FN2O4/c1-2-29-13-4-12-25(23(28)19-8-9-19)17-22(27)26(16-21-5-3-14-30-21)15-18-6-10-20(24)11-7-18/h3,5-7,10-11,14,19H,2,4,8-9,12-13,15-17H2,1H3. The van der Waals surface area contributed by atoms with Crippen LogP contribution >= 0.6 is 0 Å². The van der Waals surface area contributed by atoms with Crippen molar-refractivity contribution in [1.82, 2.24) is 9.80 Å². The lowest BCUT2D eigenvalue weighted by Gasteiger charge is -2.27. The highest BCUT2D eigenvalue weighted by Crippen LogP contribution is 2.31. The molecule has 0 spiro atoms. The molecule has 1 heterocycles. The summed E-state index contributed by atoms with van der Waals surface area (Å²) in [5.74, 6) is 0.251. The number of rotatable bonds is 12. The number of furan rings is 1. The molecule has 2 amide bonds. The van der Waals surface area contributed by atoms with Crippen molar-refractivity contribution in [3.05, 3.63) is 59.8 Å². The van der Waals surface area contributed by atoms with Crippen LogP contribution < -0.4 is 0 Å². The Morgan fingerprint density at radius 3 is 2.53 bits per heavy atom. The lowest BCUT2D eigenvalue weighted by molar-refractivity contribution is -0.142. The number of hydrogen-bond acceptors (Lipinski definition) is 4. The van der Waals surface area contributed by atoms with Crippen LogP contribution in [0.1, 0.15) is 37.5 Å². The van der Waals surface area contributed by atoms with Crippen LogP contribution in [-0.2, 0) is 27.4 Å². The molecule has 0 radical (unpaired) electrons. The molecular weight excluding hydrogens is 387 g/mol. The third kappa shape index (κ3) is 6.69. The average Bonchev–Trinajstić information content (AvgIpc) is 3.47. The van der Waals surface area contributed by atoms with Gasteiger partial charge in [-0.25, -0.2) is 4.39 Å². The predicted octanol–water partition coefficient (Wildman–Crippen LogP) is 3.61. The van der Waals surface area contributed by atoms with E-state index in [0.717, 1.165) is 18.4 Å². The van der Waals surface area contributed by atoms with E-state index in [-0.39, 0.29) is 36.6 Å². The molecular formula is C23H29FN2O4. The summed E-state index contributed by atoms with van der Waals surface area (Å²) in [6, 6.07) is 9.65. The van der Waals surface area contributed by atoms with E-state index in [2.05, 4.69) is 0 Å². The van der Waals surface area contributed by atoms with Gasteiger partial charge in [0.2, 0.25) is 11.8 Å². The number of amides is 2. The molecule has 30 heavy (non-hydrogen) atoms. The molecule has 1 aliphatic carbocycles. The molecule has 1 aliphatic rings. The van der Waals surface area contributed by atoms with Gasteiger partial charge in [-0.2, -0.15) is 0 Å². The Morgan fingerprint density at radius 2 is 1.90 bits per heavy atom. The fraction of sp³-hybridized carbons (Fsp3) is 0.478. The van der Waals surface area contributed by atoms with Crippen LogP contribution in [0, 0.1) is 11.7 Å². The highest BCUT2D eigenvalue weighted by molar-refractivity contribution is 5.87. The zero-order valence-corrected chi connectivity index (χ0v) is 17.4. The fourth-order valence-corrected chi connectivity index (χ4v) is 3.25. The minimum atomic E-state index is -0.321. The molecule has 1 aromatic heterocycles. The van der Waals surface area contributed by atoms with E-state index < -0.39 is 0 Å². The topological polar surface area (TPSA) is 63.0 Å². The summed E-state index contributed by atoms with van der Waals surface area (Å²) < 4.78 is 24.0. The first kappa shape index (κ1) is 22.0. The van der Waals surface area contributed by atoms with Crippen LogP contribution in [0.15, 0.2) is 47.1 Å². The average molecular weight is 416 g/mol. The summed E-state index contributed by atoms with van der Waals surface area (Å²) in [6.07, 6.45) is 4.03. The number of benzene rings is 1. The molecule has 1 saturated carbocycles. The number of carbonyl (C=O) groups is 2. The van der Waals surface area contributed by atoms with Crippen molar-refractivity contribution in [2.45, 2.75) is 39.3 Å². The van der Waals surface area contributed by atoms with Gasteiger partial charge >= 0.3 is 0 Å². The minimum Gasteiger partial charge on any atom is -0.467 e. The van der Waals surface area contributed by atoms with Gasteiger partial charge < -0.3 is 19.0 Å². The van der Waals surface area contributed by atoms with E-state index in [0.29, 0.717) is 38.5 Å². The largest absolute Gasteiger partial charge is 0.467 e. The van der Waals surface area contributed by atoms with Crippen molar-refractivity contribution in [1.29, 1.82) is 0 Å². The third-order valence-corrected chi connectivity index (χ3v) is 5.05. The maximum absolute atomic E-state index is 13.3. The third-order valence-electron chi connectivity index (χ3n) is 5.05. The van der Waals surface area contributed by atoms with Crippen LogP contribution in [-0.4, -0.2) is 47.9 Å². The highest BCUT2D eigenvalue weighted by Gasteiger charge is 2.34. The number of carbonyl (C=O) groups excluding carboxylic acids is 2. The summed E-state index contributed by atoms with van der Waals surface area (Å²) in [5.41, 5.74) is 0.813. The summed E-state index contributed by atoms with van der Waals surface area (Å²) in [6.45, 7) is 4.22. The molecule has 1 fully saturated rings. The van der Waals surface area contributed by atoms with Crippen molar-refractivity contribution < 1.29 is 23.1 Å². The number of ether oxygens (including phenoxy) is 1. The molecule has 0 saturated heterocycles. The zero-order chi connectivity index (χ0) is 21.3. The molecule has 2 aromatic rings. The highest BCUT2D eigenvalue weighted by atomic mass is 19.1.